The Kier molecular flexibility index (Phi) is 4.00. The van der Waals surface area contributed by atoms with Gasteiger partial charge in [0.2, 0.25) is 0 Å². The van der Waals surface area contributed by atoms with Gasteiger partial charge in [0.1, 0.15) is 11.6 Å². The van der Waals surface area contributed by atoms with Gasteiger partial charge in [0.15, 0.2) is 5.82 Å². The molecule has 1 aromatic heterocycles. The van der Waals surface area contributed by atoms with Gasteiger partial charge in [-0.1, -0.05) is 18.2 Å². The molecule has 0 saturated carbocycles. The summed E-state index contributed by atoms with van der Waals surface area (Å²) in [5.41, 5.74) is 8.05. The number of nitrogens with one attached hydrogen (secondary N) is 2. The third-order valence-corrected chi connectivity index (χ3v) is 3.19. The van der Waals surface area contributed by atoms with E-state index in [1.165, 1.54) is 12.1 Å². The number of rotatable bonds is 5. The molecule has 0 unspecified atom stereocenters. The van der Waals surface area contributed by atoms with Gasteiger partial charge in [0, 0.05) is 29.9 Å². The van der Waals surface area contributed by atoms with Crippen LogP contribution in [0.3, 0.4) is 0 Å². The molecule has 0 amide bonds. The second kappa shape index (κ2) is 6.26. The molecule has 3 aromatic rings. The van der Waals surface area contributed by atoms with Crippen molar-refractivity contribution in [1.82, 2.24) is 15.2 Å². The van der Waals surface area contributed by atoms with Crippen LogP contribution in [0.2, 0.25) is 0 Å². The van der Waals surface area contributed by atoms with Crippen LogP contribution in [-0.4, -0.2) is 21.7 Å². The van der Waals surface area contributed by atoms with Crippen molar-refractivity contribution in [2.45, 2.75) is 6.42 Å². The highest BCUT2D eigenvalue weighted by Gasteiger charge is 2.06. The van der Waals surface area contributed by atoms with Crippen molar-refractivity contribution >= 4 is 11.4 Å². The lowest BCUT2D eigenvalue weighted by Crippen LogP contribution is -2.06. The molecule has 0 spiro atoms. The lowest BCUT2D eigenvalue weighted by atomic mass is 10.2. The molecule has 5 nitrogen and oxygen atoms in total. The summed E-state index contributed by atoms with van der Waals surface area (Å²) in [7, 11) is 0. The number of halogens is 1. The largest absolute Gasteiger partial charge is 0.399 e. The Morgan fingerprint density at radius 1 is 1.14 bits per heavy atom. The zero-order valence-electron chi connectivity index (χ0n) is 11.9. The van der Waals surface area contributed by atoms with Gasteiger partial charge in [0.05, 0.1) is 0 Å². The van der Waals surface area contributed by atoms with Gasteiger partial charge >= 0.3 is 0 Å². The number of anilines is 2. The fraction of sp³-hybridized carbons (Fsp3) is 0.125. The topological polar surface area (TPSA) is 79.6 Å². The van der Waals surface area contributed by atoms with Crippen molar-refractivity contribution in [3.63, 3.8) is 0 Å². The maximum atomic E-state index is 13.1. The Bertz CT molecular complexity index is 768. The molecule has 1 heterocycles. The van der Waals surface area contributed by atoms with Crippen LogP contribution in [0, 0.1) is 5.82 Å². The van der Waals surface area contributed by atoms with Gasteiger partial charge in [-0.15, -0.1) is 0 Å². The van der Waals surface area contributed by atoms with Crippen molar-refractivity contribution in [2.24, 2.45) is 0 Å². The molecule has 0 fully saturated rings. The molecule has 0 aliphatic carbocycles. The molecule has 6 heteroatoms. The number of nitrogen functional groups attached to an aromatic ring is 1. The highest BCUT2D eigenvalue weighted by Crippen LogP contribution is 2.17. The average molecular weight is 297 g/mol. The summed E-state index contributed by atoms with van der Waals surface area (Å²) < 4.78 is 13.1. The average Bonchev–Trinajstić information content (AvgIpc) is 2.96. The number of hydrogen-bond acceptors (Lipinski definition) is 4. The minimum Gasteiger partial charge on any atom is -0.399 e. The van der Waals surface area contributed by atoms with E-state index >= 15 is 0 Å². The molecule has 112 valence electrons. The Morgan fingerprint density at radius 2 is 2.00 bits per heavy atom. The number of H-pyrrole nitrogens is 1. The van der Waals surface area contributed by atoms with Gasteiger partial charge < -0.3 is 11.1 Å². The number of nitrogens with zero attached hydrogens (tertiary/aromatic N) is 2. The van der Waals surface area contributed by atoms with Crippen LogP contribution in [0.4, 0.5) is 15.8 Å². The van der Waals surface area contributed by atoms with E-state index in [4.69, 9.17) is 5.73 Å². The van der Waals surface area contributed by atoms with Crippen molar-refractivity contribution in [2.75, 3.05) is 17.6 Å². The predicted octanol–water partition coefficient (Wildman–Crippen LogP) is 2.85. The zero-order valence-corrected chi connectivity index (χ0v) is 11.9. The van der Waals surface area contributed by atoms with Crippen molar-refractivity contribution < 1.29 is 4.39 Å². The Hall–Kier alpha value is -2.89. The van der Waals surface area contributed by atoms with E-state index in [9.17, 15) is 4.39 Å². The van der Waals surface area contributed by atoms with E-state index in [0.29, 0.717) is 24.5 Å². The molecule has 0 saturated heterocycles. The van der Waals surface area contributed by atoms with E-state index in [1.807, 2.05) is 30.3 Å². The number of aromatic amines is 1. The first-order valence-electron chi connectivity index (χ1n) is 6.97. The first-order chi connectivity index (χ1) is 10.7. The minimum atomic E-state index is -0.256. The summed E-state index contributed by atoms with van der Waals surface area (Å²) in [4.78, 5) is 4.43. The molecule has 0 radical (unpaired) electrons. The molecule has 0 aliphatic rings. The molecule has 4 N–H and O–H groups in total. The van der Waals surface area contributed by atoms with E-state index in [1.54, 1.807) is 6.07 Å². The Balaban J connectivity index is 1.60. The molecule has 3 rings (SSSR count). The first kappa shape index (κ1) is 14.1. The molecule has 0 atom stereocenters. The highest BCUT2D eigenvalue weighted by molar-refractivity contribution is 5.60. The van der Waals surface area contributed by atoms with E-state index in [0.717, 1.165) is 17.1 Å². The first-order valence-corrected chi connectivity index (χ1v) is 6.97. The number of aromatic nitrogens is 3. The minimum absolute atomic E-state index is 0.256. The second-order valence-electron chi connectivity index (χ2n) is 4.92. The number of nitrogens with two attached hydrogens (primary N) is 1. The smallest absolute Gasteiger partial charge is 0.181 e. The summed E-state index contributed by atoms with van der Waals surface area (Å²) >= 11 is 0. The molecular weight excluding hydrogens is 281 g/mol. The Morgan fingerprint density at radius 3 is 2.82 bits per heavy atom. The van der Waals surface area contributed by atoms with E-state index in [2.05, 4.69) is 20.5 Å². The van der Waals surface area contributed by atoms with Crippen LogP contribution in [-0.2, 0) is 6.42 Å². The van der Waals surface area contributed by atoms with Crippen LogP contribution in [0.5, 0.6) is 0 Å². The number of hydrogen-bond donors (Lipinski definition) is 3. The van der Waals surface area contributed by atoms with Crippen LogP contribution < -0.4 is 11.1 Å². The van der Waals surface area contributed by atoms with E-state index in [-0.39, 0.29) is 5.82 Å². The van der Waals surface area contributed by atoms with E-state index < -0.39 is 0 Å². The molecule has 0 aliphatic heterocycles. The normalized spacial score (nSPS) is 10.6. The van der Waals surface area contributed by atoms with Crippen LogP contribution in [0.1, 0.15) is 5.82 Å². The van der Waals surface area contributed by atoms with Crippen molar-refractivity contribution in [1.29, 1.82) is 0 Å². The molecular formula is C16H16FN5. The van der Waals surface area contributed by atoms with Crippen molar-refractivity contribution in [3.8, 4) is 11.4 Å². The third kappa shape index (κ3) is 3.41. The van der Waals surface area contributed by atoms with Crippen LogP contribution in [0.15, 0.2) is 48.5 Å². The van der Waals surface area contributed by atoms with Crippen LogP contribution in [0.25, 0.3) is 11.4 Å². The van der Waals surface area contributed by atoms with Gasteiger partial charge in [-0.2, -0.15) is 5.10 Å². The fourth-order valence-electron chi connectivity index (χ4n) is 2.14. The lowest BCUT2D eigenvalue weighted by molar-refractivity contribution is 0.628. The van der Waals surface area contributed by atoms with Gasteiger partial charge in [-0.05, 0) is 30.3 Å². The highest BCUT2D eigenvalue weighted by atomic mass is 19.1. The third-order valence-electron chi connectivity index (χ3n) is 3.19. The van der Waals surface area contributed by atoms with Gasteiger partial charge in [-0.3, -0.25) is 5.10 Å². The monoisotopic (exact) mass is 297 g/mol. The standard InChI is InChI=1S/C16H16FN5/c17-12-4-2-6-14(10-12)19-8-7-15-20-16(22-21-15)11-3-1-5-13(18)9-11/h1-6,9-10,19H,7-8,18H2,(H,20,21,22). The van der Waals surface area contributed by atoms with Crippen LogP contribution >= 0.6 is 0 Å². The maximum absolute atomic E-state index is 13.1. The zero-order chi connectivity index (χ0) is 15.4. The summed E-state index contributed by atoms with van der Waals surface area (Å²) in [5.74, 6) is 1.13. The second-order valence-corrected chi connectivity index (χ2v) is 4.92. The van der Waals surface area contributed by atoms with Crippen molar-refractivity contribution in [3.05, 3.63) is 60.2 Å². The van der Waals surface area contributed by atoms with Gasteiger partial charge in [-0.25, -0.2) is 9.37 Å². The predicted molar refractivity (Wildman–Crippen MR) is 84.8 cm³/mol. The molecule has 2 aromatic carbocycles. The number of benzene rings is 2. The lowest BCUT2D eigenvalue weighted by Gasteiger charge is -2.04. The summed E-state index contributed by atoms with van der Waals surface area (Å²) in [6, 6.07) is 13.8. The quantitative estimate of drug-likeness (QED) is 0.633. The molecule has 0 bridgehead atoms. The van der Waals surface area contributed by atoms with Gasteiger partial charge in [0.25, 0.3) is 0 Å². The molecule has 22 heavy (non-hydrogen) atoms. The maximum Gasteiger partial charge on any atom is 0.181 e. The summed E-state index contributed by atoms with van der Waals surface area (Å²) in [6.45, 7) is 0.634. The SMILES string of the molecule is Nc1cccc(-c2n[nH]c(CCNc3cccc(F)c3)n2)c1. The summed E-state index contributed by atoms with van der Waals surface area (Å²) in [5, 5.41) is 10.2. The fourth-order valence-corrected chi connectivity index (χ4v) is 2.14. The summed E-state index contributed by atoms with van der Waals surface area (Å²) in [6.07, 6.45) is 0.659. The Labute approximate surface area is 127 Å².